The molecule has 5 nitrogen and oxygen atoms in total. The molecule has 2 N–H and O–H groups in total. The van der Waals surface area contributed by atoms with E-state index >= 15 is 0 Å². The molecule has 0 saturated carbocycles. The van der Waals surface area contributed by atoms with Crippen LogP contribution < -0.4 is 15.4 Å². The Labute approximate surface area is 169 Å². The van der Waals surface area contributed by atoms with E-state index in [1.54, 1.807) is 42.5 Å². The van der Waals surface area contributed by atoms with Crippen molar-refractivity contribution in [3.05, 3.63) is 77.9 Å². The second kappa shape index (κ2) is 7.55. The Morgan fingerprint density at radius 3 is 2.47 bits per heavy atom. The number of amides is 2. The Kier molecular flexibility index (Phi) is 4.91. The second-order valence-electron chi connectivity index (χ2n) is 6.62. The molecule has 1 aliphatic rings. The number of carbonyl (C=O) groups excluding carboxylic acids is 2. The molecule has 0 saturated heterocycles. The van der Waals surface area contributed by atoms with Gasteiger partial charge in [0, 0.05) is 17.3 Å². The van der Waals surface area contributed by atoms with Crippen molar-refractivity contribution in [1.29, 1.82) is 0 Å². The zero-order valence-electron chi connectivity index (χ0n) is 15.4. The summed E-state index contributed by atoms with van der Waals surface area (Å²) in [6, 6.07) is 16.1. The van der Waals surface area contributed by atoms with Crippen LogP contribution in [0.25, 0.3) is 11.1 Å². The fraction of sp³-hybridized carbons (Fsp3) is 0.0909. The zero-order chi connectivity index (χ0) is 21.3. The van der Waals surface area contributed by atoms with Crippen molar-refractivity contribution in [3.63, 3.8) is 0 Å². The van der Waals surface area contributed by atoms with Gasteiger partial charge in [-0.15, -0.1) is 0 Å². The van der Waals surface area contributed by atoms with E-state index in [9.17, 15) is 22.8 Å². The van der Waals surface area contributed by atoms with Crippen LogP contribution in [0.15, 0.2) is 66.7 Å². The molecule has 0 spiro atoms. The first-order chi connectivity index (χ1) is 14.3. The van der Waals surface area contributed by atoms with Crippen LogP contribution in [0, 0.1) is 0 Å². The lowest BCUT2D eigenvalue weighted by Gasteiger charge is -2.19. The lowest BCUT2D eigenvalue weighted by atomic mass is 9.98. The van der Waals surface area contributed by atoms with Gasteiger partial charge in [-0.2, -0.15) is 13.2 Å². The molecule has 0 atom stereocenters. The van der Waals surface area contributed by atoms with Crippen LogP contribution in [-0.4, -0.2) is 18.4 Å². The lowest BCUT2D eigenvalue weighted by Crippen LogP contribution is -2.25. The SMILES string of the molecule is O=C1COc2cc(NC(=O)c3ccccc3-c3ccc(C(F)(F)F)cc3)ccc2N1. The summed E-state index contributed by atoms with van der Waals surface area (Å²) in [5.74, 6) is -0.251. The van der Waals surface area contributed by atoms with Crippen LogP contribution in [0.5, 0.6) is 5.75 Å². The van der Waals surface area contributed by atoms with Gasteiger partial charge in [-0.3, -0.25) is 9.59 Å². The third kappa shape index (κ3) is 3.98. The highest BCUT2D eigenvalue weighted by Crippen LogP contribution is 2.33. The van der Waals surface area contributed by atoms with Gasteiger partial charge in [0.15, 0.2) is 6.61 Å². The Balaban J connectivity index is 1.59. The predicted molar refractivity (Wildman–Crippen MR) is 105 cm³/mol. The summed E-state index contributed by atoms with van der Waals surface area (Å²) < 4.78 is 43.8. The molecule has 0 fully saturated rings. The summed E-state index contributed by atoms with van der Waals surface area (Å²) in [5, 5.41) is 5.41. The molecule has 0 aromatic heterocycles. The molecule has 1 aliphatic heterocycles. The van der Waals surface area contributed by atoms with Crippen molar-refractivity contribution in [2.45, 2.75) is 6.18 Å². The number of hydrogen-bond donors (Lipinski definition) is 2. The van der Waals surface area contributed by atoms with Crippen LogP contribution >= 0.6 is 0 Å². The normalized spacial score (nSPS) is 13.1. The van der Waals surface area contributed by atoms with Crippen molar-refractivity contribution in [1.82, 2.24) is 0 Å². The van der Waals surface area contributed by atoms with Crippen molar-refractivity contribution in [3.8, 4) is 16.9 Å². The number of alkyl halides is 3. The first kappa shape index (κ1) is 19.5. The molecule has 0 bridgehead atoms. The monoisotopic (exact) mass is 412 g/mol. The number of rotatable bonds is 3. The number of carbonyl (C=O) groups is 2. The van der Waals surface area contributed by atoms with E-state index in [-0.39, 0.29) is 12.5 Å². The summed E-state index contributed by atoms with van der Waals surface area (Å²) in [4.78, 5) is 24.2. The van der Waals surface area contributed by atoms with Crippen LogP contribution in [0.2, 0.25) is 0 Å². The molecule has 3 aromatic carbocycles. The number of benzene rings is 3. The number of hydrogen-bond acceptors (Lipinski definition) is 3. The number of nitrogens with one attached hydrogen (secondary N) is 2. The highest BCUT2D eigenvalue weighted by atomic mass is 19.4. The third-order valence-electron chi connectivity index (χ3n) is 4.57. The average molecular weight is 412 g/mol. The van der Waals surface area contributed by atoms with Crippen LogP contribution in [-0.2, 0) is 11.0 Å². The maximum Gasteiger partial charge on any atom is 0.416 e. The molecule has 0 radical (unpaired) electrons. The molecule has 152 valence electrons. The minimum absolute atomic E-state index is 0.110. The van der Waals surface area contributed by atoms with Crippen LogP contribution in [0.1, 0.15) is 15.9 Å². The van der Waals surface area contributed by atoms with Gasteiger partial charge in [0.25, 0.3) is 11.8 Å². The molecular formula is C22H15F3N2O3. The maximum atomic E-state index is 12.9. The standard InChI is InChI=1S/C22H15F3N2O3/c23-22(24,25)14-7-5-13(6-8-14)16-3-1-2-4-17(16)21(29)26-15-9-10-18-19(11-15)30-12-20(28)27-18/h1-11H,12H2,(H,26,29)(H,27,28). The van der Waals surface area contributed by atoms with Crippen molar-refractivity contribution in [2.24, 2.45) is 0 Å². The lowest BCUT2D eigenvalue weighted by molar-refractivity contribution is -0.137. The fourth-order valence-electron chi connectivity index (χ4n) is 3.12. The number of anilines is 2. The Bertz CT molecular complexity index is 1130. The van der Waals surface area contributed by atoms with Gasteiger partial charge in [0.1, 0.15) is 5.75 Å². The van der Waals surface area contributed by atoms with Crippen LogP contribution in [0.4, 0.5) is 24.5 Å². The summed E-state index contributed by atoms with van der Waals surface area (Å²) in [6.07, 6.45) is -4.43. The predicted octanol–water partition coefficient (Wildman–Crippen LogP) is 4.96. The summed E-state index contributed by atoms with van der Waals surface area (Å²) in [6.45, 7) is -0.110. The highest BCUT2D eigenvalue weighted by Gasteiger charge is 2.30. The van der Waals surface area contributed by atoms with Gasteiger partial charge in [-0.25, -0.2) is 0 Å². The van der Waals surface area contributed by atoms with Crippen molar-refractivity contribution >= 4 is 23.2 Å². The number of fused-ring (bicyclic) bond motifs is 1. The quantitative estimate of drug-likeness (QED) is 0.639. The summed E-state index contributed by atoms with van der Waals surface area (Å²) in [5.41, 5.74) is 1.51. The first-order valence-electron chi connectivity index (χ1n) is 8.96. The Hall–Kier alpha value is -3.81. The largest absolute Gasteiger partial charge is 0.482 e. The molecule has 1 heterocycles. The van der Waals surface area contributed by atoms with E-state index in [2.05, 4.69) is 10.6 Å². The van der Waals surface area contributed by atoms with Crippen molar-refractivity contribution in [2.75, 3.05) is 17.2 Å². The first-order valence-corrected chi connectivity index (χ1v) is 8.96. The Morgan fingerprint density at radius 1 is 1.00 bits per heavy atom. The number of ether oxygens (including phenoxy) is 1. The van der Waals surface area contributed by atoms with Gasteiger partial charge in [-0.05, 0) is 41.5 Å². The summed E-state index contributed by atoms with van der Waals surface area (Å²) in [7, 11) is 0. The van der Waals surface area contributed by atoms with E-state index in [0.29, 0.717) is 33.8 Å². The molecule has 3 aromatic rings. The maximum absolute atomic E-state index is 12.9. The van der Waals surface area contributed by atoms with E-state index in [1.165, 1.54) is 12.1 Å². The fourth-order valence-corrected chi connectivity index (χ4v) is 3.12. The second-order valence-corrected chi connectivity index (χ2v) is 6.62. The highest BCUT2D eigenvalue weighted by molar-refractivity contribution is 6.09. The van der Waals surface area contributed by atoms with Gasteiger partial charge in [0.2, 0.25) is 0 Å². The van der Waals surface area contributed by atoms with Gasteiger partial charge < -0.3 is 15.4 Å². The molecular weight excluding hydrogens is 397 g/mol. The van der Waals surface area contributed by atoms with Gasteiger partial charge in [-0.1, -0.05) is 30.3 Å². The van der Waals surface area contributed by atoms with Gasteiger partial charge in [0.05, 0.1) is 11.3 Å². The smallest absolute Gasteiger partial charge is 0.416 e. The van der Waals surface area contributed by atoms with E-state index < -0.39 is 17.6 Å². The minimum Gasteiger partial charge on any atom is -0.482 e. The van der Waals surface area contributed by atoms with E-state index in [0.717, 1.165) is 12.1 Å². The molecule has 0 unspecified atom stereocenters. The topological polar surface area (TPSA) is 67.4 Å². The molecule has 2 amide bonds. The number of halogens is 3. The minimum atomic E-state index is -4.43. The zero-order valence-corrected chi connectivity index (χ0v) is 15.4. The molecule has 8 heteroatoms. The van der Waals surface area contributed by atoms with E-state index in [1.807, 2.05) is 0 Å². The third-order valence-corrected chi connectivity index (χ3v) is 4.57. The average Bonchev–Trinajstić information content (AvgIpc) is 2.73. The molecule has 4 rings (SSSR count). The van der Waals surface area contributed by atoms with Gasteiger partial charge >= 0.3 is 6.18 Å². The summed E-state index contributed by atoms with van der Waals surface area (Å²) >= 11 is 0. The van der Waals surface area contributed by atoms with Crippen LogP contribution in [0.3, 0.4) is 0 Å². The molecule has 30 heavy (non-hydrogen) atoms. The van der Waals surface area contributed by atoms with Crippen molar-refractivity contribution < 1.29 is 27.5 Å². The van der Waals surface area contributed by atoms with E-state index in [4.69, 9.17) is 4.74 Å². The molecule has 0 aliphatic carbocycles. The Morgan fingerprint density at radius 2 is 1.73 bits per heavy atom.